The van der Waals surface area contributed by atoms with Crippen LogP contribution in [0.1, 0.15) is 27.4 Å². The zero-order valence-corrected chi connectivity index (χ0v) is 12.2. The normalized spacial score (nSPS) is 10.4. The van der Waals surface area contributed by atoms with Crippen molar-refractivity contribution >= 4 is 34.9 Å². The van der Waals surface area contributed by atoms with E-state index < -0.39 is 5.97 Å². The van der Waals surface area contributed by atoms with Crippen molar-refractivity contribution in [2.24, 2.45) is 5.73 Å². The first-order chi connectivity index (χ1) is 9.56. The molecule has 2 aromatic rings. The Kier molecular flexibility index (Phi) is 4.81. The summed E-state index contributed by atoms with van der Waals surface area (Å²) in [5.41, 5.74) is 7.55. The number of thioether (sulfide) groups is 1. The molecule has 0 aliphatic carbocycles. The van der Waals surface area contributed by atoms with Crippen molar-refractivity contribution < 1.29 is 14.3 Å². The highest BCUT2D eigenvalue weighted by atomic mass is 32.2. The molecule has 2 rings (SSSR count). The number of aromatic carboxylic acids is 1. The monoisotopic (exact) mass is 307 g/mol. The van der Waals surface area contributed by atoms with Crippen LogP contribution in [0.3, 0.4) is 0 Å². The number of benzene rings is 1. The third-order valence-corrected chi connectivity index (χ3v) is 3.86. The van der Waals surface area contributed by atoms with Gasteiger partial charge in [0.2, 0.25) is 5.76 Å². The maximum Gasteiger partial charge on any atom is 0.371 e. The molecule has 3 N–H and O–H groups in total. The third-order valence-electron chi connectivity index (χ3n) is 2.60. The molecule has 104 valence electrons. The number of carboxylic acids is 1. The standard InChI is InChI=1S/C14H13NO3S2/c15-13(19)10-3-1-2-9(6-10)7-20-8-11-4-5-12(18-11)14(16)17/h1-6H,7-8H2,(H2,15,19)(H,16,17). The lowest BCUT2D eigenvalue weighted by molar-refractivity contribution is 0.0661. The first-order valence-corrected chi connectivity index (χ1v) is 7.41. The largest absolute Gasteiger partial charge is 0.475 e. The highest BCUT2D eigenvalue weighted by Crippen LogP contribution is 2.20. The number of thiocarbonyl (C=S) groups is 1. The van der Waals surface area contributed by atoms with Gasteiger partial charge in [-0.15, -0.1) is 11.8 Å². The van der Waals surface area contributed by atoms with Crippen LogP contribution in [0.4, 0.5) is 0 Å². The molecule has 0 aliphatic heterocycles. The Bertz CT molecular complexity index is 637. The fourth-order valence-electron chi connectivity index (χ4n) is 1.65. The lowest BCUT2D eigenvalue weighted by atomic mass is 10.1. The summed E-state index contributed by atoms with van der Waals surface area (Å²) in [6.07, 6.45) is 0. The van der Waals surface area contributed by atoms with Crippen molar-refractivity contribution in [3.05, 3.63) is 59.0 Å². The number of carbonyl (C=O) groups is 1. The van der Waals surface area contributed by atoms with E-state index in [1.54, 1.807) is 17.8 Å². The smallest absolute Gasteiger partial charge is 0.371 e. The van der Waals surface area contributed by atoms with E-state index in [1.165, 1.54) is 6.07 Å². The molecular weight excluding hydrogens is 294 g/mol. The Hall–Kier alpha value is -1.79. The molecule has 0 fully saturated rings. The van der Waals surface area contributed by atoms with Gasteiger partial charge in [-0.3, -0.25) is 0 Å². The van der Waals surface area contributed by atoms with Crippen molar-refractivity contribution in [3.8, 4) is 0 Å². The van der Waals surface area contributed by atoms with Crippen molar-refractivity contribution in [2.75, 3.05) is 0 Å². The average Bonchev–Trinajstić information content (AvgIpc) is 2.88. The van der Waals surface area contributed by atoms with Crippen molar-refractivity contribution in [1.82, 2.24) is 0 Å². The fraction of sp³-hybridized carbons (Fsp3) is 0.143. The minimum atomic E-state index is -1.05. The predicted molar refractivity (Wildman–Crippen MR) is 83.0 cm³/mol. The molecule has 6 heteroatoms. The summed E-state index contributed by atoms with van der Waals surface area (Å²) in [5, 5.41) is 8.76. The van der Waals surface area contributed by atoms with Crippen LogP contribution in [0, 0.1) is 0 Å². The molecule has 0 saturated heterocycles. The summed E-state index contributed by atoms with van der Waals surface area (Å²) in [4.78, 5) is 11.1. The van der Waals surface area contributed by atoms with Gasteiger partial charge < -0.3 is 15.3 Å². The topological polar surface area (TPSA) is 76.5 Å². The molecule has 1 aromatic heterocycles. The van der Waals surface area contributed by atoms with E-state index in [4.69, 9.17) is 27.5 Å². The second kappa shape index (κ2) is 6.58. The molecule has 0 aliphatic rings. The Morgan fingerprint density at radius 2 is 2.10 bits per heavy atom. The van der Waals surface area contributed by atoms with Gasteiger partial charge in [-0.25, -0.2) is 4.79 Å². The summed E-state index contributed by atoms with van der Waals surface area (Å²) in [6, 6.07) is 10.9. The molecular formula is C14H13NO3S2. The molecule has 1 heterocycles. The van der Waals surface area contributed by atoms with E-state index in [0.717, 1.165) is 16.9 Å². The molecule has 4 nitrogen and oxygen atoms in total. The summed E-state index contributed by atoms with van der Waals surface area (Å²) >= 11 is 6.57. The van der Waals surface area contributed by atoms with Crippen LogP contribution in [-0.4, -0.2) is 16.1 Å². The second-order valence-electron chi connectivity index (χ2n) is 4.13. The zero-order valence-electron chi connectivity index (χ0n) is 10.5. The van der Waals surface area contributed by atoms with Gasteiger partial charge in [-0.1, -0.05) is 30.4 Å². The van der Waals surface area contributed by atoms with Gasteiger partial charge in [0.05, 0.1) is 5.75 Å². The minimum absolute atomic E-state index is 0.0314. The fourth-order valence-corrected chi connectivity index (χ4v) is 2.65. The van der Waals surface area contributed by atoms with Crippen LogP contribution < -0.4 is 5.73 Å². The highest BCUT2D eigenvalue weighted by molar-refractivity contribution is 7.97. The Morgan fingerprint density at radius 3 is 2.75 bits per heavy atom. The van der Waals surface area contributed by atoms with Gasteiger partial charge in [0.25, 0.3) is 0 Å². The predicted octanol–water partition coefficient (Wildman–Crippen LogP) is 3.05. The summed E-state index contributed by atoms with van der Waals surface area (Å²) in [7, 11) is 0. The molecule has 0 spiro atoms. The number of rotatable bonds is 6. The summed E-state index contributed by atoms with van der Waals surface area (Å²) in [6.45, 7) is 0. The molecule has 20 heavy (non-hydrogen) atoms. The quantitative estimate of drug-likeness (QED) is 0.799. The molecule has 0 atom stereocenters. The van der Waals surface area contributed by atoms with Gasteiger partial charge in [-0.2, -0.15) is 0 Å². The van der Waals surface area contributed by atoms with Crippen LogP contribution in [0.15, 0.2) is 40.8 Å². The van der Waals surface area contributed by atoms with E-state index >= 15 is 0 Å². The van der Waals surface area contributed by atoms with Crippen molar-refractivity contribution in [2.45, 2.75) is 11.5 Å². The van der Waals surface area contributed by atoms with E-state index in [0.29, 0.717) is 16.5 Å². The van der Waals surface area contributed by atoms with Gasteiger partial charge in [0, 0.05) is 11.3 Å². The van der Waals surface area contributed by atoms with E-state index in [9.17, 15) is 4.79 Å². The summed E-state index contributed by atoms with van der Waals surface area (Å²) in [5.74, 6) is 0.962. The number of nitrogens with two attached hydrogens (primary N) is 1. The number of hydrogen-bond acceptors (Lipinski definition) is 4. The molecule has 1 aromatic carbocycles. The van der Waals surface area contributed by atoms with Crippen LogP contribution in [-0.2, 0) is 11.5 Å². The van der Waals surface area contributed by atoms with Crippen LogP contribution >= 0.6 is 24.0 Å². The Balaban J connectivity index is 1.90. The summed E-state index contributed by atoms with van der Waals surface area (Å²) < 4.78 is 5.18. The van der Waals surface area contributed by atoms with E-state index in [2.05, 4.69) is 0 Å². The zero-order chi connectivity index (χ0) is 14.5. The molecule has 0 unspecified atom stereocenters. The van der Waals surface area contributed by atoms with E-state index in [-0.39, 0.29) is 5.76 Å². The molecule has 0 radical (unpaired) electrons. The maximum atomic E-state index is 10.7. The van der Waals surface area contributed by atoms with Gasteiger partial charge in [0.15, 0.2) is 0 Å². The second-order valence-corrected chi connectivity index (χ2v) is 5.55. The third kappa shape index (κ3) is 3.85. The lowest BCUT2D eigenvalue weighted by Crippen LogP contribution is -2.09. The Morgan fingerprint density at radius 1 is 1.30 bits per heavy atom. The Labute approximate surface area is 126 Å². The number of carboxylic acid groups (broad SMARTS) is 1. The average molecular weight is 307 g/mol. The van der Waals surface area contributed by atoms with Crippen molar-refractivity contribution in [3.63, 3.8) is 0 Å². The molecule has 0 saturated carbocycles. The lowest BCUT2D eigenvalue weighted by Gasteiger charge is -2.03. The number of hydrogen-bond donors (Lipinski definition) is 2. The van der Waals surface area contributed by atoms with Crippen LogP contribution in [0.25, 0.3) is 0 Å². The van der Waals surface area contributed by atoms with Gasteiger partial charge >= 0.3 is 5.97 Å². The highest BCUT2D eigenvalue weighted by Gasteiger charge is 2.08. The molecule has 0 amide bonds. The maximum absolute atomic E-state index is 10.7. The number of furan rings is 1. The first kappa shape index (κ1) is 14.6. The minimum Gasteiger partial charge on any atom is -0.475 e. The first-order valence-electron chi connectivity index (χ1n) is 5.85. The van der Waals surface area contributed by atoms with Crippen LogP contribution in [0.5, 0.6) is 0 Å². The van der Waals surface area contributed by atoms with Crippen molar-refractivity contribution in [1.29, 1.82) is 0 Å². The van der Waals surface area contributed by atoms with Gasteiger partial charge in [-0.05, 0) is 23.8 Å². The van der Waals surface area contributed by atoms with Gasteiger partial charge in [0.1, 0.15) is 10.7 Å². The van der Waals surface area contributed by atoms with E-state index in [1.807, 2.05) is 24.3 Å². The van der Waals surface area contributed by atoms with Crippen LogP contribution in [0.2, 0.25) is 0 Å². The molecule has 0 bridgehead atoms. The SMILES string of the molecule is NC(=S)c1cccc(CSCc2ccc(C(=O)O)o2)c1.